The third-order valence-corrected chi connectivity index (χ3v) is 7.39. The van der Waals surface area contributed by atoms with E-state index in [0.29, 0.717) is 12.2 Å². The first-order chi connectivity index (χ1) is 15.5. The van der Waals surface area contributed by atoms with Crippen molar-refractivity contribution in [3.8, 4) is 0 Å². The van der Waals surface area contributed by atoms with Crippen LogP contribution >= 0.6 is 0 Å². The van der Waals surface area contributed by atoms with Crippen LogP contribution in [0.15, 0.2) is 36.4 Å². The number of rotatable bonds is 4. The second kappa shape index (κ2) is 7.02. The van der Waals surface area contributed by atoms with Crippen LogP contribution in [0.25, 0.3) is 0 Å². The van der Waals surface area contributed by atoms with Gasteiger partial charge in [-0.25, -0.2) is 9.18 Å². The molecule has 6 rings (SSSR count). The summed E-state index contributed by atoms with van der Waals surface area (Å²) in [5, 5.41) is 2.98. The first-order valence-electron chi connectivity index (χ1n) is 11.5. The first kappa shape index (κ1) is 19.7. The zero-order valence-electron chi connectivity index (χ0n) is 17.9. The molecule has 1 aromatic carbocycles. The van der Waals surface area contributed by atoms with Gasteiger partial charge in [0.15, 0.2) is 0 Å². The number of halogens is 1. The van der Waals surface area contributed by atoms with Gasteiger partial charge >= 0.3 is 6.09 Å². The van der Waals surface area contributed by atoms with E-state index in [1.165, 1.54) is 12.1 Å². The van der Waals surface area contributed by atoms with Gasteiger partial charge in [0.05, 0.1) is 22.5 Å². The molecule has 1 spiro atoms. The highest BCUT2D eigenvalue weighted by Crippen LogP contribution is 2.69. The maximum Gasteiger partial charge on any atom is 0.414 e. The minimum absolute atomic E-state index is 0.0586. The minimum atomic E-state index is -0.684. The van der Waals surface area contributed by atoms with Crippen molar-refractivity contribution in [2.24, 2.45) is 5.41 Å². The molecule has 1 aliphatic heterocycles. The first-order valence-corrected chi connectivity index (χ1v) is 11.5. The van der Waals surface area contributed by atoms with Crippen LogP contribution in [-0.4, -0.2) is 29.6 Å². The summed E-state index contributed by atoms with van der Waals surface area (Å²) in [6.07, 6.45) is 7.12. The van der Waals surface area contributed by atoms with Crippen LogP contribution < -0.4 is 10.2 Å². The lowest BCUT2D eigenvalue weighted by Crippen LogP contribution is -2.52. The fraction of sp³-hybridized carbons (Fsp3) is 0.480. The fourth-order valence-corrected chi connectivity index (χ4v) is 5.30. The SMILES string of the molecule is O=C(OC1CC1)N1CCCc2nc(C3(C(=O)Nc4ccc(F)cc4)CC4(CC4)C3)ccc21. The largest absolute Gasteiger partial charge is 0.446 e. The van der Waals surface area contributed by atoms with Crippen molar-refractivity contribution in [3.63, 3.8) is 0 Å². The predicted octanol–water partition coefficient (Wildman–Crippen LogP) is 4.72. The average molecular weight is 435 g/mol. The van der Waals surface area contributed by atoms with Crippen LogP contribution in [0, 0.1) is 11.2 Å². The monoisotopic (exact) mass is 435 g/mol. The second-order valence-electron chi connectivity index (χ2n) is 9.90. The number of aromatic nitrogens is 1. The molecule has 0 bridgehead atoms. The molecule has 0 unspecified atom stereocenters. The molecule has 166 valence electrons. The molecule has 2 amide bonds. The predicted molar refractivity (Wildman–Crippen MR) is 117 cm³/mol. The number of amides is 2. The second-order valence-corrected chi connectivity index (χ2v) is 9.90. The fourth-order valence-electron chi connectivity index (χ4n) is 5.30. The van der Waals surface area contributed by atoms with E-state index in [1.54, 1.807) is 17.0 Å². The van der Waals surface area contributed by atoms with E-state index in [0.717, 1.165) is 68.4 Å². The number of pyridine rings is 1. The van der Waals surface area contributed by atoms with E-state index in [9.17, 15) is 14.0 Å². The molecule has 2 aromatic rings. The number of anilines is 2. The Bertz CT molecular complexity index is 1080. The van der Waals surface area contributed by atoms with Crippen molar-refractivity contribution in [2.45, 2.75) is 62.9 Å². The van der Waals surface area contributed by atoms with Crippen LogP contribution in [0.5, 0.6) is 0 Å². The summed E-state index contributed by atoms with van der Waals surface area (Å²) in [6, 6.07) is 9.68. The molecule has 6 nitrogen and oxygen atoms in total. The summed E-state index contributed by atoms with van der Waals surface area (Å²) < 4.78 is 18.8. The Morgan fingerprint density at radius 2 is 1.84 bits per heavy atom. The van der Waals surface area contributed by atoms with Crippen molar-refractivity contribution in [2.75, 3.05) is 16.8 Å². The maximum atomic E-state index is 13.5. The minimum Gasteiger partial charge on any atom is -0.446 e. The topological polar surface area (TPSA) is 71.5 Å². The van der Waals surface area contributed by atoms with Crippen molar-refractivity contribution in [1.29, 1.82) is 0 Å². The lowest BCUT2D eigenvalue weighted by atomic mass is 9.57. The van der Waals surface area contributed by atoms with Gasteiger partial charge in [-0.2, -0.15) is 0 Å². The zero-order chi connectivity index (χ0) is 21.9. The van der Waals surface area contributed by atoms with Gasteiger partial charge in [0, 0.05) is 12.2 Å². The molecule has 2 heterocycles. The lowest BCUT2D eigenvalue weighted by molar-refractivity contribution is -0.127. The zero-order valence-corrected chi connectivity index (χ0v) is 17.9. The van der Waals surface area contributed by atoms with Gasteiger partial charge in [-0.3, -0.25) is 14.7 Å². The number of benzene rings is 1. The Hall–Kier alpha value is -2.96. The summed E-state index contributed by atoms with van der Waals surface area (Å²) in [7, 11) is 0. The lowest BCUT2D eigenvalue weighted by Gasteiger charge is -2.47. The molecule has 3 saturated carbocycles. The number of carbonyl (C=O) groups is 2. The van der Waals surface area contributed by atoms with E-state index in [4.69, 9.17) is 9.72 Å². The van der Waals surface area contributed by atoms with Gasteiger partial charge in [-0.15, -0.1) is 0 Å². The van der Waals surface area contributed by atoms with Crippen molar-refractivity contribution < 1.29 is 18.7 Å². The quantitative estimate of drug-likeness (QED) is 0.754. The van der Waals surface area contributed by atoms with Crippen molar-refractivity contribution >= 4 is 23.4 Å². The van der Waals surface area contributed by atoms with Gasteiger partial charge in [0.2, 0.25) is 5.91 Å². The summed E-state index contributed by atoms with van der Waals surface area (Å²) in [5.74, 6) is -0.422. The Balaban J connectivity index is 1.29. The standard InChI is InChI=1S/C25H26FN3O3/c26-16-3-5-17(6-4-16)27-22(30)25(14-24(15-25)11-12-24)21-10-9-20-19(28-21)2-1-13-29(20)23(31)32-18-7-8-18/h3-6,9-10,18H,1-2,7-8,11-15H2,(H,27,30). The molecule has 7 heteroatoms. The van der Waals surface area contributed by atoms with Crippen molar-refractivity contribution in [1.82, 2.24) is 4.98 Å². The van der Waals surface area contributed by atoms with Gasteiger partial charge in [0.25, 0.3) is 0 Å². The molecule has 0 saturated heterocycles. The summed E-state index contributed by atoms with van der Waals surface area (Å²) in [5.41, 5.74) is 2.59. The number of nitrogens with zero attached hydrogens (tertiary/aromatic N) is 2. The average Bonchev–Trinajstić information content (AvgIpc) is 3.69. The Morgan fingerprint density at radius 1 is 1.09 bits per heavy atom. The molecule has 3 aliphatic carbocycles. The molecular weight excluding hydrogens is 409 g/mol. The van der Waals surface area contributed by atoms with Crippen molar-refractivity contribution in [3.05, 3.63) is 53.6 Å². The smallest absolute Gasteiger partial charge is 0.414 e. The summed E-state index contributed by atoms with van der Waals surface area (Å²) in [6.45, 7) is 0.624. The molecule has 3 fully saturated rings. The number of nitrogens with one attached hydrogen (secondary N) is 1. The van der Waals surface area contributed by atoms with Crippen LogP contribution in [-0.2, 0) is 21.4 Å². The third-order valence-electron chi connectivity index (χ3n) is 7.39. The highest BCUT2D eigenvalue weighted by atomic mass is 19.1. The molecule has 0 radical (unpaired) electrons. The summed E-state index contributed by atoms with van der Waals surface area (Å²) in [4.78, 5) is 32.6. The highest BCUT2D eigenvalue weighted by Gasteiger charge is 2.65. The Morgan fingerprint density at radius 3 is 2.53 bits per heavy atom. The molecule has 1 aromatic heterocycles. The Kier molecular flexibility index (Phi) is 4.32. The van der Waals surface area contributed by atoms with Crippen LogP contribution in [0.1, 0.15) is 56.3 Å². The Labute approximate surface area is 186 Å². The molecule has 32 heavy (non-hydrogen) atoms. The normalized spacial score (nSPS) is 22.0. The van der Waals surface area contributed by atoms with Gasteiger partial charge in [-0.1, -0.05) is 0 Å². The molecule has 0 atom stereocenters. The highest BCUT2D eigenvalue weighted by molar-refractivity contribution is 6.00. The number of ether oxygens (including phenoxy) is 1. The van der Waals surface area contributed by atoms with Crippen LogP contribution in [0.3, 0.4) is 0 Å². The number of hydrogen-bond acceptors (Lipinski definition) is 4. The third kappa shape index (κ3) is 3.34. The number of fused-ring (bicyclic) bond motifs is 1. The van der Waals surface area contributed by atoms with Gasteiger partial charge < -0.3 is 10.1 Å². The summed E-state index contributed by atoms with van der Waals surface area (Å²) >= 11 is 0. The molecule has 4 aliphatic rings. The number of hydrogen-bond donors (Lipinski definition) is 1. The molecular formula is C25H26FN3O3. The van der Waals surface area contributed by atoms with E-state index >= 15 is 0 Å². The van der Waals surface area contributed by atoms with E-state index in [1.807, 2.05) is 12.1 Å². The van der Waals surface area contributed by atoms with E-state index in [2.05, 4.69) is 5.32 Å². The van der Waals surface area contributed by atoms with Crippen LogP contribution in [0.2, 0.25) is 0 Å². The number of carbonyl (C=O) groups excluding carboxylic acids is 2. The van der Waals surface area contributed by atoms with Gasteiger partial charge in [0.1, 0.15) is 11.9 Å². The van der Waals surface area contributed by atoms with Gasteiger partial charge in [-0.05, 0) is 93.2 Å². The van der Waals surface area contributed by atoms with E-state index in [-0.39, 0.29) is 29.3 Å². The van der Waals surface area contributed by atoms with E-state index < -0.39 is 5.41 Å². The van der Waals surface area contributed by atoms with Crippen LogP contribution in [0.4, 0.5) is 20.6 Å². The molecule has 1 N–H and O–H groups in total. The number of aryl methyl sites for hydroxylation is 1. The maximum absolute atomic E-state index is 13.5.